The molecule has 0 aliphatic heterocycles. The van der Waals surface area contributed by atoms with Crippen LogP contribution in [-0.4, -0.2) is 11.0 Å². The molecular formula is O2RuSi. The Kier molecular flexibility index (Phi) is 1440. The summed E-state index contributed by atoms with van der Waals surface area (Å²) in [6, 6.07) is 0. The van der Waals surface area contributed by atoms with Crippen molar-refractivity contribution in [3.63, 3.8) is 0 Å². The zero-order chi connectivity index (χ0) is 0. The molecular weight excluding hydrogens is 161 g/mol. The second-order valence-corrected chi connectivity index (χ2v) is 0. The first-order valence-electron chi connectivity index (χ1n) is 0. The van der Waals surface area contributed by atoms with Gasteiger partial charge in [-0.2, -0.15) is 0 Å². The van der Waals surface area contributed by atoms with E-state index >= 15 is 0 Å². The van der Waals surface area contributed by atoms with Crippen LogP contribution in [0, 0.1) is 0 Å². The molecule has 0 heterocycles. The van der Waals surface area contributed by atoms with Crippen molar-refractivity contribution >= 4 is 11.0 Å². The molecule has 0 unspecified atom stereocenters. The van der Waals surface area contributed by atoms with Gasteiger partial charge in [0, 0.05) is 11.0 Å². The van der Waals surface area contributed by atoms with Crippen LogP contribution in [0.1, 0.15) is 0 Å². The topological polar surface area (TPSA) is 57.0 Å². The van der Waals surface area contributed by atoms with Crippen molar-refractivity contribution in [1.82, 2.24) is 0 Å². The number of hydrogen-bond donors (Lipinski definition) is 0. The molecule has 0 aromatic rings. The van der Waals surface area contributed by atoms with Gasteiger partial charge < -0.3 is 11.0 Å². The molecule has 0 rings (SSSR count). The summed E-state index contributed by atoms with van der Waals surface area (Å²) < 4.78 is 0. The molecule has 0 amide bonds. The van der Waals surface area contributed by atoms with Crippen LogP contribution in [0.25, 0.3) is 0 Å². The fraction of sp³-hybridized carbons (Fsp3) is 0. The molecule has 4 heavy (non-hydrogen) atoms. The summed E-state index contributed by atoms with van der Waals surface area (Å²) in [6.45, 7) is 0. The van der Waals surface area contributed by atoms with Gasteiger partial charge in [-0.15, -0.1) is 0 Å². The molecule has 0 bridgehead atoms. The third kappa shape index (κ3) is 14.8. The van der Waals surface area contributed by atoms with Gasteiger partial charge in [0.2, 0.25) is 0 Å². The predicted octanol–water partition coefficient (Wildman–Crippen LogP) is -0.621. The molecule has 0 N–H and O–H groups in total. The molecule has 0 atom stereocenters. The van der Waals surface area contributed by atoms with E-state index in [-0.39, 0.29) is 41.4 Å². The first-order chi connectivity index (χ1) is 0. The Morgan fingerprint density at radius 2 is 0.750 bits per heavy atom. The molecule has 0 aromatic carbocycles. The van der Waals surface area contributed by atoms with Gasteiger partial charge in [-0.3, -0.25) is 0 Å². The second kappa shape index (κ2) is 49.6. The summed E-state index contributed by atoms with van der Waals surface area (Å²) >= 11 is 0. The van der Waals surface area contributed by atoms with E-state index in [1.165, 1.54) is 0 Å². The maximum absolute atomic E-state index is 0. The Morgan fingerprint density at radius 1 is 0.750 bits per heavy atom. The van der Waals surface area contributed by atoms with E-state index in [0.29, 0.717) is 0 Å². The Bertz CT molecular complexity index is 6.00. The largest absolute Gasteiger partial charge is 4.00 e. The van der Waals surface area contributed by atoms with Crippen LogP contribution in [0.3, 0.4) is 0 Å². The smallest absolute Gasteiger partial charge is 2.00 e. The van der Waals surface area contributed by atoms with Crippen LogP contribution < -0.4 is 0 Å². The van der Waals surface area contributed by atoms with Crippen LogP contribution in [0.4, 0.5) is 0 Å². The molecule has 0 aromatic heterocycles. The van der Waals surface area contributed by atoms with Crippen molar-refractivity contribution in [2.24, 2.45) is 0 Å². The van der Waals surface area contributed by atoms with Crippen molar-refractivity contribution < 1.29 is 30.4 Å². The molecule has 24 valence electrons. The average Bonchev–Trinajstić information content (AvgIpc) is 0. The standard InChI is InChI=1S/2O.Ru.Si/q2*-2;+4;. The van der Waals surface area contributed by atoms with E-state index in [0.717, 1.165) is 0 Å². The maximum Gasteiger partial charge on any atom is 4.00 e. The van der Waals surface area contributed by atoms with E-state index < -0.39 is 0 Å². The van der Waals surface area contributed by atoms with Crippen molar-refractivity contribution in [3.05, 3.63) is 0 Å². The first kappa shape index (κ1) is 116. The summed E-state index contributed by atoms with van der Waals surface area (Å²) in [7, 11) is 0. The minimum Gasteiger partial charge on any atom is -2.00 e. The van der Waals surface area contributed by atoms with Crippen LogP contribution in [0.15, 0.2) is 0 Å². The average molecular weight is 161 g/mol. The van der Waals surface area contributed by atoms with Crippen LogP contribution >= 0.6 is 0 Å². The Balaban J connectivity index is 0. The van der Waals surface area contributed by atoms with Gasteiger partial charge in [-0.25, -0.2) is 0 Å². The van der Waals surface area contributed by atoms with Crippen LogP contribution in [-0.2, 0) is 30.4 Å². The molecule has 0 fully saturated rings. The third-order valence-corrected chi connectivity index (χ3v) is 0. The molecule has 0 aliphatic rings. The Morgan fingerprint density at radius 3 is 0.750 bits per heavy atom. The minimum atomic E-state index is 0. The van der Waals surface area contributed by atoms with Gasteiger partial charge in [-0.05, 0) is 0 Å². The fourth-order valence-corrected chi connectivity index (χ4v) is 0. The SMILES string of the molecule is [O-2].[O-2].[Ru+4].[Si]. The van der Waals surface area contributed by atoms with E-state index in [9.17, 15) is 0 Å². The molecule has 0 saturated heterocycles. The van der Waals surface area contributed by atoms with Crippen molar-refractivity contribution in [1.29, 1.82) is 0 Å². The van der Waals surface area contributed by atoms with Crippen molar-refractivity contribution in [2.75, 3.05) is 0 Å². The Hall–Kier alpha value is 0.760. The first-order valence-corrected chi connectivity index (χ1v) is 0. The van der Waals surface area contributed by atoms with Gasteiger partial charge in [0.25, 0.3) is 0 Å². The maximum atomic E-state index is 0. The molecule has 0 saturated carbocycles. The van der Waals surface area contributed by atoms with E-state index in [4.69, 9.17) is 0 Å². The summed E-state index contributed by atoms with van der Waals surface area (Å²) in [5.74, 6) is 0. The van der Waals surface area contributed by atoms with E-state index in [1.807, 2.05) is 0 Å². The van der Waals surface area contributed by atoms with Crippen molar-refractivity contribution in [2.45, 2.75) is 0 Å². The Labute approximate surface area is 42.0 Å². The van der Waals surface area contributed by atoms with Crippen LogP contribution in [0.5, 0.6) is 0 Å². The minimum absolute atomic E-state index is 0. The zero-order valence-electron chi connectivity index (χ0n) is 1.67. The van der Waals surface area contributed by atoms with Gasteiger partial charge in [0.15, 0.2) is 0 Å². The summed E-state index contributed by atoms with van der Waals surface area (Å²) in [5.41, 5.74) is 0. The zero-order valence-corrected chi connectivity index (χ0v) is 4.41. The van der Waals surface area contributed by atoms with Gasteiger partial charge in [0.1, 0.15) is 0 Å². The number of rotatable bonds is 0. The molecule has 0 spiro atoms. The summed E-state index contributed by atoms with van der Waals surface area (Å²) in [5, 5.41) is 0. The normalized spacial score (nSPS) is 0. The second-order valence-electron chi connectivity index (χ2n) is 0. The summed E-state index contributed by atoms with van der Waals surface area (Å²) in [4.78, 5) is 0. The number of hydrogen-bond acceptors (Lipinski definition) is 0. The van der Waals surface area contributed by atoms with E-state index in [1.54, 1.807) is 0 Å². The van der Waals surface area contributed by atoms with Gasteiger partial charge in [-0.1, -0.05) is 0 Å². The van der Waals surface area contributed by atoms with Gasteiger partial charge in [0.05, 0.1) is 0 Å². The van der Waals surface area contributed by atoms with E-state index in [2.05, 4.69) is 0 Å². The molecule has 0 aliphatic carbocycles. The molecule has 2 nitrogen and oxygen atoms in total. The quantitative estimate of drug-likeness (QED) is 0.425. The predicted molar refractivity (Wildman–Crippen MR) is 7.13 cm³/mol. The monoisotopic (exact) mass is 162 g/mol. The summed E-state index contributed by atoms with van der Waals surface area (Å²) in [6.07, 6.45) is 0. The third-order valence-electron chi connectivity index (χ3n) is 0. The fourth-order valence-electron chi connectivity index (χ4n) is 0. The van der Waals surface area contributed by atoms with Gasteiger partial charge >= 0.3 is 19.5 Å². The molecule has 4 heteroatoms. The van der Waals surface area contributed by atoms with Crippen molar-refractivity contribution in [3.8, 4) is 0 Å². The van der Waals surface area contributed by atoms with Crippen LogP contribution in [0.2, 0.25) is 0 Å². The molecule has 4 radical (unpaired) electrons.